The number of unbranched alkanes of at least 4 members (excludes halogenated alkanes) is 54. The zero-order valence-electron chi connectivity index (χ0n) is 69.1. The predicted molar refractivity (Wildman–Crippen MR) is 437 cm³/mol. The topological polar surface area (TPSA) is 237 Å². The van der Waals surface area contributed by atoms with Gasteiger partial charge in [-0.25, -0.2) is 9.13 Å². The summed E-state index contributed by atoms with van der Waals surface area (Å²) in [6.07, 6.45) is 76.0. The first-order chi connectivity index (χ1) is 51.5. The van der Waals surface area contributed by atoms with Crippen LogP contribution in [-0.2, 0) is 65.4 Å². The molecule has 106 heavy (non-hydrogen) atoms. The van der Waals surface area contributed by atoms with Crippen LogP contribution in [0.15, 0.2) is 24.3 Å². The number of carbonyl (C=O) groups is 4. The van der Waals surface area contributed by atoms with E-state index in [0.29, 0.717) is 25.7 Å². The Morgan fingerprint density at radius 1 is 0.292 bits per heavy atom. The number of ether oxygens (including phenoxy) is 4. The molecule has 0 rings (SSSR count). The molecule has 2 unspecified atom stereocenters. The standard InChI is InChI=1S/C87H166O17P2/c1-6-9-12-15-18-21-24-27-30-32-34-36-38-41-43-46-49-55-60-65-70-84(89)97-76-82(103-86(91)73-68-63-58-51-48-45-42-39-37-35-33-31-28-25-22-19-16-13-10-7-2)78-101-105(93,94)99-74-81(88)75-100-106(95,96)102-79-83(77-98-85(90)71-66-61-56-53-52-54-59-64-69-80(4)5)104-87(92)72-67-62-57-50-47-44-40-29-26-23-20-17-14-11-8-3/h23,26,29,40,80-83,88H,6-22,24-25,27-28,30-39,41-79H2,1-5H3,(H,93,94)(H,95,96)/b26-23-,40-29-/t81-,82-,83-/m1/s1. The summed E-state index contributed by atoms with van der Waals surface area (Å²) in [6.45, 7) is 7.26. The van der Waals surface area contributed by atoms with E-state index in [4.69, 9.17) is 37.0 Å². The first kappa shape index (κ1) is 104. The maximum atomic E-state index is 13.2. The van der Waals surface area contributed by atoms with Crippen LogP contribution >= 0.6 is 15.6 Å². The van der Waals surface area contributed by atoms with Gasteiger partial charge in [0.25, 0.3) is 0 Å². The van der Waals surface area contributed by atoms with Crippen molar-refractivity contribution in [3.63, 3.8) is 0 Å². The van der Waals surface area contributed by atoms with Crippen molar-refractivity contribution < 1.29 is 80.2 Å². The lowest BCUT2D eigenvalue weighted by Gasteiger charge is -2.21. The highest BCUT2D eigenvalue weighted by Gasteiger charge is 2.30. The van der Waals surface area contributed by atoms with Crippen molar-refractivity contribution in [2.24, 2.45) is 5.92 Å². The molecule has 17 nitrogen and oxygen atoms in total. The second-order valence-corrected chi connectivity index (χ2v) is 34.0. The normalized spacial score (nSPS) is 13.9. The quantitative estimate of drug-likeness (QED) is 0.0169. The highest BCUT2D eigenvalue weighted by atomic mass is 31.2. The number of hydrogen-bond acceptors (Lipinski definition) is 15. The Morgan fingerprint density at radius 2 is 0.509 bits per heavy atom. The fourth-order valence-electron chi connectivity index (χ4n) is 13.1. The SMILES string of the molecule is CCCCCC/C=C\C=C/CCCCCCCC(=O)O[C@H](COC(=O)CCCCCCCCCCC(C)C)COP(=O)(O)OC[C@H](O)COP(=O)(O)OC[C@@H](COC(=O)CCCCCCCCCCCCCCCCCCCCCC)OC(=O)CCCCCCCCCCCCCCCCCCCCCC. The van der Waals surface area contributed by atoms with Crippen molar-refractivity contribution in [1.29, 1.82) is 0 Å². The van der Waals surface area contributed by atoms with E-state index < -0.39 is 97.5 Å². The van der Waals surface area contributed by atoms with Crippen LogP contribution in [0.2, 0.25) is 0 Å². The lowest BCUT2D eigenvalue weighted by Crippen LogP contribution is -2.30. The van der Waals surface area contributed by atoms with Gasteiger partial charge < -0.3 is 33.8 Å². The van der Waals surface area contributed by atoms with Gasteiger partial charge in [-0.05, 0) is 57.3 Å². The molecule has 0 fully saturated rings. The van der Waals surface area contributed by atoms with E-state index >= 15 is 0 Å². The minimum Gasteiger partial charge on any atom is -0.462 e. The second kappa shape index (κ2) is 79.2. The minimum atomic E-state index is -4.97. The highest BCUT2D eigenvalue weighted by molar-refractivity contribution is 7.47. The van der Waals surface area contributed by atoms with Crippen LogP contribution < -0.4 is 0 Å². The molecule has 0 heterocycles. The molecule has 0 aliphatic rings. The van der Waals surface area contributed by atoms with E-state index in [1.165, 1.54) is 257 Å². The monoisotopic (exact) mass is 1550 g/mol. The number of esters is 4. The van der Waals surface area contributed by atoms with E-state index in [-0.39, 0.29) is 25.7 Å². The van der Waals surface area contributed by atoms with E-state index in [1.54, 1.807) is 0 Å². The van der Waals surface area contributed by atoms with Crippen molar-refractivity contribution in [3.8, 4) is 0 Å². The molecule has 0 aromatic heterocycles. The van der Waals surface area contributed by atoms with E-state index in [1.807, 2.05) is 0 Å². The maximum Gasteiger partial charge on any atom is 0.472 e. The van der Waals surface area contributed by atoms with Crippen LogP contribution in [0.3, 0.4) is 0 Å². The highest BCUT2D eigenvalue weighted by Crippen LogP contribution is 2.45. The van der Waals surface area contributed by atoms with Gasteiger partial charge in [-0.15, -0.1) is 0 Å². The molecule has 19 heteroatoms. The smallest absolute Gasteiger partial charge is 0.462 e. The Bertz CT molecular complexity index is 2110. The molecule has 0 aromatic rings. The zero-order valence-corrected chi connectivity index (χ0v) is 70.9. The van der Waals surface area contributed by atoms with E-state index in [0.717, 1.165) is 109 Å². The van der Waals surface area contributed by atoms with Gasteiger partial charge in [-0.2, -0.15) is 0 Å². The fourth-order valence-corrected chi connectivity index (χ4v) is 14.7. The van der Waals surface area contributed by atoms with Gasteiger partial charge in [0.2, 0.25) is 0 Å². The molecule has 0 aliphatic heterocycles. The molecule has 0 aromatic carbocycles. The molecular formula is C87H166O17P2. The van der Waals surface area contributed by atoms with Crippen molar-refractivity contribution in [2.45, 2.75) is 464 Å². The number of hydrogen-bond donors (Lipinski definition) is 3. The average Bonchev–Trinajstić information content (AvgIpc) is 0.909. The predicted octanol–water partition coefficient (Wildman–Crippen LogP) is 26.3. The largest absolute Gasteiger partial charge is 0.472 e. The number of allylic oxidation sites excluding steroid dienone is 4. The Hall–Kier alpha value is -2.46. The van der Waals surface area contributed by atoms with Crippen LogP contribution in [0.1, 0.15) is 446 Å². The summed E-state index contributed by atoms with van der Waals surface area (Å²) >= 11 is 0. The van der Waals surface area contributed by atoms with Crippen LogP contribution in [0.5, 0.6) is 0 Å². The third-order valence-electron chi connectivity index (χ3n) is 19.9. The van der Waals surface area contributed by atoms with E-state index in [2.05, 4.69) is 58.9 Å². The molecule has 0 saturated carbocycles. The number of rotatable bonds is 85. The van der Waals surface area contributed by atoms with Gasteiger partial charge in [0, 0.05) is 25.7 Å². The van der Waals surface area contributed by atoms with Crippen molar-refractivity contribution in [2.75, 3.05) is 39.6 Å². The summed E-state index contributed by atoms with van der Waals surface area (Å²) < 4.78 is 68.9. The summed E-state index contributed by atoms with van der Waals surface area (Å²) in [5.74, 6) is -1.41. The fraction of sp³-hybridized carbons (Fsp3) is 0.908. The number of carbonyl (C=O) groups excluding carboxylic acids is 4. The van der Waals surface area contributed by atoms with E-state index in [9.17, 15) is 43.2 Å². The summed E-state index contributed by atoms with van der Waals surface area (Å²) in [5, 5.41) is 10.7. The molecule has 0 aliphatic carbocycles. The number of phosphoric ester groups is 2. The number of aliphatic hydroxyl groups excluding tert-OH is 1. The van der Waals surface area contributed by atoms with Crippen LogP contribution in [0, 0.1) is 5.92 Å². The summed E-state index contributed by atoms with van der Waals surface area (Å²) in [4.78, 5) is 73.2. The number of aliphatic hydroxyl groups is 1. The zero-order chi connectivity index (χ0) is 77.6. The van der Waals surface area contributed by atoms with Gasteiger partial charge in [-0.1, -0.05) is 393 Å². The lowest BCUT2D eigenvalue weighted by atomic mass is 10.0. The molecular weight excluding hydrogens is 1380 g/mol. The Balaban J connectivity index is 5.26. The van der Waals surface area contributed by atoms with Crippen LogP contribution in [-0.4, -0.2) is 96.7 Å². The Kier molecular flexibility index (Phi) is 77.4. The third-order valence-corrected chi connectivity index (χ3v) is 21.8. The molecule has 0 spiro atoms. The van der Waals surface area contributed by atoms with Crippen LogP contribution in [0.25, 0.3) is 0 Å². The molecule has 0 radical (unpaired) electrons. The minimum absolute atomic E-state index is 0.0850. The molecule has 3 N–H and O–H groups in total. The van der Waals surface area contributed by atoms with Gasteiger partial charge >= 0.3 is 39.5 Å². The van der Waals surface area contributed by atoms with Gasteiger partial charge in [0.15, 0.2) is 12.2 Å². The summed E-state index contributed by atoms with van der Waals surface area (Å²) in [7, 11) is -9.94. The summed E-state index contributed by atoms with van der Waals surface area (Å²) in [5.41, 5.74) is 0. The second-order valence-electron chi connectivity index (χ2n) is 31.1. The Morgan fingerprint density at radius 3 is 0.774 bits per heavy atom. The van der Waals surface area contributed by atoms with Gasteiger partial charge in [-0.3, -0.25) is 37.3 Å². The molecule has 0 amide bonds. The molecule has 0 saturated heterocycles. The van der Waals surface area contributed by atoms with Crippen LogP contribution in [0.4, 0.5) is 0 Å². The third kappa shape index (κ3) is 79.6. The van der Waals surface area contributed by atoms with Crippen molar-refractivity contribution in [3.05, 3.63) is 24.3 Å². The van der Waals surface area contributed by atoms with Gasteiger partial charge in [0.1, 0.15) is 19.3 Å². The maximum absolute atomic E-state index is 13.2. The summed E-state index contributed by atoms with van der Waals surface area (Å²) in [6, 6.07) is 0. The average molecular weight is 1550 g/mol. The number of phosphoric acid groups is 2. The first-order valence-corrected chi connectivity index (χ1v) is 47.4. The Labute approximate surface area is 650 Å². The molecule has 0 bridgehead atoms. The first-order valence-electron chi connectivity index (χ1n) is 44.5. The van der Waals surface area contributed by atoms with Gasteiger partial charge in [0.05, 0.1) is 26.4 Å². The molecule has 626 valence electrons. The van der Waals surface area contributed by atoms with Crippen molar-refractivity contribution >= 4 is 39.5 Å². The lowest BCUT2D eigenvalue weighted by molar-refractivity contribution is -0.161. The molecule has 5 atom stereocenters. The van der Waals surface area contributed by atoms with Crippen molar-refractivity contribution in [1.82, 2.24) is 0 Å².